The minimum atomic E-state index is -0.472. The fourth-order valence-electron chi connectivity index (χ4n) is 0.727. The molecule has 0 saturated carbocycles. The Labute approximate surface area is 84.4 Å². The van der Waals surface area contributed by atoms with Gasteiger partial charge in [0.05, 0.1) is 12.6 Å². The van der Waals surface area contributed by atoms with Gasteiger partial charge in [-0.25, -0.2) is 0 Å². The van der Waals surface area contributed by atoms with Crippen LogP contribution >= 0.6 is 0 Å². The van der Waals surface area contributed by atoms with Crippen molar-refractivity contribution in [3.63, 3.8) is 0 Å². The Kier molecular flexibility index (Phi) is 5.87. The van der Waals surface area contributed by atoms with Crippen molar-refractivity contribution >= 4 is 11.8 Å². The monoisotopic (exact) mass is 201 g/mol. The predicted octanol–water partition coefficient (Wildman–Crippen LogP) is -0.778. The molecule has 0 fully saturated rings. The van der Waals surface area contributed by atoms with Crippen molar-refractivity contribution in [2.45, 2.75) is 26.8 Å². The summed E-state index contributed by atoms with van der Waals surface area (Å²) >= 11 is 0. The number of rotatable bonds is 6. The minimum absolute atomic E-state index is 0.119. The zero-order chi connectivity index (χ0) is 11.1. The second kappa shape index (κ2) is 6.37. The van der Waals surface area contributed by atoms with Gasteiger partial charge in [0, 0.05) is 6.54 Å². The number of nitrogens with two attached hydrogens (primary N) is 1. The second-order valence-corrected chi connectivity index (χ2v) is 3.70. The maximum Gasteiger partial charge on any atom is 0.234 e. The van der Waals surface area contributed by atoms with Gasteiger partial charge in [0.2, 0.25) is 11.8 Å². The smallest absolute Gasteiger partial charge is 0.234 e. The molecule has 0 heterocycles. The highest BCUT2D eigenvalue weighted by molar-refractivity contribution is 5.82. The van der Waals surface area contributed by atoms with E-state index in [2.05, 4.69) is 10.6 Å². The zero-order valence-corrected chi connectivity index (χ0v) is 8.96. The molecule has 0 aromatic heterocycles. The van der Waals surface area contributed by atoms with Crippen molar-refractivity contribution in [1.82, 2.24) is 10.6 Å². The lowest BCUT2D eigenvalue weighted by Crippen LogP contribution is -2.44. The molecule has 0 rings (SSSR count). The summed E-state index contributed by atoms with van der Waals surface area (Å²) in [6.45, 7) is 6.42. The van der Waals surface area contributed by atoms with Gasteiger partial charge in [0.1, 0.15) is 0 Å². The highest BCUT2D eigenvalue weighted by Gasteiger charge is 2.09. The van der Waals surface area contributed by atoms with Gasteiger partial charge < -0.3 is 11.1 Å². The average molecular weight is 201 g/mol. The van der Waals surface area contributed by atoms with Crippen LogP contribution in [0.15, 0.2) is 0 Å². The Balaban J connectivity index is 3.59. The van der Waals surface area contributed by atoms with Gasteiger partial charge in [0.15, 0.2) is 0 Å². The van der Waals surface area contributed by atoms with Crippen LogP contribution in [0.1, 0.15) is 20.8 Å². The summed E-state index contributed by atoms with van der Waals surface area (Å²) in [5.74, 6) is -0.152. The molecule has 5 nitrogen and oxygen atoms in total. The van der Waals surface area contributed by atoms with Crippen molar-refractivity contribution in [3.05, 3.63) is 0 Å². The lowest BCUT2D eigenvalue weighted by atomic mass is 10.2. The van der Waals surface area contributed by atoms with E-state index in [0.29, 0.717) is 12.5 Å². The molecule has 14 heavy (non-hydrogen) atoms. The van der Waals surface area contributed by atoms with Crippen molar-refractivity contribution in [3.8, 4) is 0 Å². The summed E-state index contributed by atoms with van der Waals surface area (Å²) in [5.41, 5.74) is 5.01. The van der Waals surface area contributed by atoms with Gasteiger partial charge in [-0.15, -0.1) is 0 Å². The van der Waals surface area contributed by atoms with Gasteiger partial charge >= 0.3 is 0 Å². The van der Waals surface area contributed by atoms with Crippen LogP contribution in [0.2, 0.25) is 0 Å². The molecule has 0 bridgehead atoms. The number of nitrogens with one attached hydrogen (secondary N) is 2. The van der Waals surface area contributed by atoms with Crippen LogP contribution in [0, 0.1) is 5.92 Å². The van der Waals surface area contributed by atoms with Gasteiger partial charge in [-0.3, -0.25) is 14.9 Å². The molecule has 0 aliphatic rings. The van der Waals surface area contributed by atoms with E-state index in [1.165, 1.54) is 0 Å². The Morgan fingerprint density at radius 1 is 1.29 bits per heavy atom. The molecule has 2 amide bonds. The Bertz CT molecular complexity index is 204. The second-order valence-electron chi connectivity index (χ2n) is 3.70. The molecule has 0 radical (unpaired) electrons. The first-order valence-corrected chi connectivity index (χ1v) is 4.73. The van der Waals surface area contributed by atoms with E-state index in [-0.39, 0.29) is 12.5 Å². The lowest BCUT2D eigenvalue weighted by Gasteiger charge is -2.11. The van der Waals surface area contributed by atoms with Crippen LogP contribution in [-0.2, 0) is 9.59 Å². The molecule has 1 unspecified atom stereocenters. The summed E-state index contributed by atoms with van der Waals surface area (Å²) in [6, 6.07) is -0.472. The Hall–Kier alpha value is -1.10. The number of hydrogen-bond donors (Lipinski definition) is 3. The van der Waals surface area contributed by atoms with Crippen LogP contribution < -0.4 is 16.4 Å². The van der Waals surface area contributed by atoms with Crippen LogP contribution in [0.3, 0.4) is 0 Å². The topological polar surface area (TPSA) is 84.2 Å². The van der Waals surface area contributed by atoms with E-state index < -0.39 is 11.9 Å². The maximum atomic E-state index is 11.1. The molecule has 1 atom stereocenters. The standard InChI is InChI=1S/C9H19N3O2/c1-6(2)4-12-8(13)5-11-7(3)9(10)14/h6-7,11H,4-5H2,1-3H3,(H2,10,14)(H,12,13). The van der Waals surface area contributed by atoms with Gasteiger partial charge in [-0.2, -0.15) is 0 Å². The predicted molar refractivity (Wildman–Crippen MR) is 54.5 cm³/mol. The van der Waals surface area contributed by atoms with Crippen LogP contribution in [0.5, 0.6) is 0 Å². The lowest BCUT2D eigenvalue weighted by molar-refractivity contribution is -0.121. The van der Waals surface area contributed by atoms with Gasteiger partial charge in [-0.1, -0.05) is 13.8 Å². The highest BCUT2D eigenvalue weighted by atomic mass is 16.2. The third kappa shape index (κ3) is 6.42. The molecular weight excluding hydrogens is 182 g/mol. The molecule has 5 heteroatoms. The maximum absolute atomic E-state index is 11.1. The normalized spacial score (nSPS) is 12.6. The van der Waals surface area contributed by atoms with E-state index in [9.17, 15) is 9.59 Å². The first kappa shape index (κ1) is 12.9. The fraction of sp³-hybridized carbons (Fsp3) is 0.778. The van der Waals surface area contributed by atoms with Crippen molar-refractivity contribution in [1.29, 1.82) is 0 Å². The van der Waals surface area contributed by atoms with E-state index in [4.69, 9.17) is 5.73 Å². The Morgan fingerprint density at radius 2 is 1.86 bits per heavy atom. The van der Waals surface area contributed by atoms with Crippen molar-refractivity contribution < 1.29 is 9.59 Å². The first-order chi connectivity index (χ1) is 6.43. The highest BCUT2D eigenvalue weighted by Crippen LogP contribution is 1.86. The van der Waals surface area contributed by atoms with Crippen LogP contribution in [0.25, 0.3) is 0 Å². The average Bonchev–Trinajstić information content (AvgIpc) is 2.10. The zero-order valence-electron chi connectivity index (χ0n) is 8.96. The van der Waals surface area contributed by atoms with Crippen molar-refractivity contribution in [2.24, 2.45) is 11.7 Å². The molecule has 0 spiro atoms. The molecule has 0 aromatic carbocycles. The van der Waals surface area contributed by atoms with E-state index >= 15 is 0 Å². The van der Waals surface area contributed by atoms with Crippen LogP contribution in [-0.4, -0.2) is 30.9 Å². The summed E-state index contributed by atoms with van der Waals surface area (Å²) in [6.07, 6.45) is 0. The summed E-state index contributed by atoms with van der Waals surface area (Å²) < 4.78 is 0. The van der Waals surface area contributed by atoms with E-state index in [1.807, 2.05) is 13.8 Å². The third-order valence-corrected chi connectivity index (χ3v) is 1.70. The quantitative estimate of drug-likeness (QED) is 0.527. The largest absolute Gasteiger partial charge is 0.368 e. The fourth-order valence-corrected chi connectivity index (χ4v) is 0.727. The molecule has 4 N–H and O–H groups in total. The number of amides is 2. The number of carbonyl (C=O) groups is 2. The van der Waals surface area contributed by atoms with Gasteiger partial charge in [-0.05, 0) is 12.8 Å². The third-order valence-electron chi connectivity index (χ3n) is 1.70. The number of carbonyl (C=O) groups excluding carboxylic acids is 2. The van der Waals surface area contributed by atoms with Gasteiger partial charge in [0.25, 0.3) is 0 Å². The molecular formula is C9H19N3O2. The number of primary amides is 1. The summed E-state index contributed by atoms with van der Waals surface area (Å²) in [4.78, 5) is 21.8. The first-order valence-electron chi connectivity index (χ1n) is 4.73. The number of hydrogen-bond acceptors (Lipinski definition) is 3. The van der Waals surface area contributed by atoms with Crippen LogP contribution in [0.4, 0.5) is 0 Å². The molecule has 0 aromatic rings. The molecule has 0 saturated heterocycles. The van der Waals surface area contributed by atoms with E-state index in [1.54, 1.807) is 6.92 Å². The Morgan fingerprint density at radius 3 is 2.29 bits per heavy atom. The van der Waals surface area contributed by atoms with E-state index in [0.717, 1.165) is 0 Å². The SMILES string of the molecule is CC(C)CNC(=O)CNC(C)C(N)=O. The minimum Gasteiger partial charge on any atom is -0.368 e. The summed E-state index contributed by atoms with van der Waals surface area (Å²) in [5, 5.41) is 5.44. The molecule has 82 valence electrons. The summed E-state index contributed by atoms with van der Waals surface area (Å²) in [7, 11) is 0. The molecule has 0 aliphatic carbocycles. The molecule has 0 aliphatic heterocycles. The van der Waals surface area contributed by atoms with Crippen molar-refractivity contribution in [2.75, 3.05) is 13.1 Å².